The zero-order valence-electron chi connectivity index (χ0n) is 16.1. The zero-order valence-corrected chi connectivity index (χ0v) is 16.1. The fraction of sp³-hybridized carbons (Fsp3) is 0.409. The quantitative estimate of drug-likeness (QED) is 0.758. The Hall–Kier alpha value is -3.09. The molecule has 1 aromatic carbocycles. The molecule has 0 unspecified atom stereocenters. The van der Waals surface area contributed by atoms with Gasteiger partial charge in [-0.1, -0.05) is 24.3 Å². The molecule has 0 radical (unpaired) electrons. The fourth-order valence-electron chi connectivity index (χ4n) is 4.07. The van der Waals surface area contributed by atoms with Crippen molar-refractivity contribution >= 4 is 17.8 Å². The summed E-state index contributed by atoms with van der Waals surface area (Å²) in [5, 5.41) is 2.96. The van der Waals surface area contributed by atoms with Crippen molar-refractivity contribution < 1.29 is 23.5 Å². The molecule has 1 aliphatic carbocycles. The van der Waals surface area contributed by atoms with Gasteiger partial charge in [-0.2, -0.15) is 0 Å². The number of likely N-dealkylation sites (tertiary alicyclic amines) is 1. The molecule has 0 saturated carbocycles. The molecule has 0 spiro atoms. The molecule has 152 valence electrons. The Kier molecular flexibility index (Phi) is 5.64. The largest absolute Gasteiger partial charge is 0.467 e. The molecule has 7 heteroatoms. The van der Waals surface area contributed by atoms with Gasteiger partial charge in [-0.25, -0.2) is 0 Å². The lowest BCUT2D eigenvalue weighted by Gasteiger charge is -2.26. The van der Waals surface area contributed by atoms with Crippen molar-refractivity contribution in [1.82, 2.24) is 10.2 Å². The number of aryl methyl sites for hydroxylation is 1. The summed E-state index contributed by atoms with van der Waals surface area (Å²) in [5.41, 5.74) is 2.38. The molecular weight excluding hydrogens is 372 g/mol. The van der Waals surface area contributed by atoms with Crippen molar-refractivity contribution in [3.05, 3.63) is 59.5 Å². The number of amides is 2. The highest BCUT2D eigenvalue weighted by molar-refractivity contribution is 5.88. The van der Waals surface area contributed by atoms with E-state index < -0.39 is 11.9 Å². The van der Waals surface area contributed by atoms with Gasteiger partial charge in [-0.3, -0.25) is 14.4 Å². The normalized spacial score (nSPS) is 21.0. The molecule has 0 bridgehead atoms. The van der Waals surface area contributed by atoms with Gasteiger partial charge < -0.3 is 19.4 Å². The van der Waals surface area contributed by atoms with E-state index in [-0.39, 0.29) is 37.4 Å². The predicted octanol–water partition coefficient (Wildman–Crippen LogP) is 2.37. The van der Waals surface area contributed by atoms with Crippen LogP contribution in [0.2, 0.25) is 0 Å². The van der Waals surface area contributed by atoms with Crippen molar-refractivity contribution in [2.75, 3.05) is 13.2 Å². The van der Waals surface area contributed by atoms with Gasteiger partial charge in [0.1, 0.15) is 5.76 Å². The summed E-state index contributed by atoms with van der Waals surface area (Å²) < 4.78 is 10.4. The van der Waals surface area contributed by atoms with Crippen LogP contribution in [0.3, 0.4) is 0 Å². The number of nitrogens with zero attached hydrogens (tertiary/aromatic N) is 1. The number of hydrogen-bond donors (Lipinski definition) is 1. The van der Waals surface area contributed by atoms with Gasteiger partial charge in [0.25, 0.3) is 5.91 Å². The van der Waals surface area contributed by atoms with Crippen LogP contribution in [0.5, 0.6) is 0 Å². The summed E-state index contributed by atoms with van der Waals surface area (Å²) in [6.45, 7) is 0.271. The highest BCUT2D eigenvalue weighted by Gasteiger charge is 2.36. The Labute approximate surface area is 169 Å². The van der Waals surface area contributed by atoms with E-state index in [0.29, 0.717) is 12.3 Å². The number of carbonyl (C=O) groups excluding carboxylic acids is 3. The van der Waals surface area contributed by atoms with Gasteiger partial charge in [-0.15, -0.1) is 0 Å². The first-order chi connectivity index (χ1) is 14.1. The van der Waals surface area contributed by atoms with E-state index in [1.165, 1.54) is 5.56 Å². The molecule has 1 aromatic heterocycles. The maximum atomic E-state index is 12.3. The number of hydrogen-bond acceptors (Lipinski definition) is 5. The van der Waals surface area contributed by atoms with Crippen LogP contribution >= 0.6 is 0 Å². The van der Waals surface area contributed by atoms with E-state index in [1.807, 2.05) is 18.2 Å². The monoisotopic (exact) mass is 396 g/mol. The van der Waals surface area contributed by atoms with Crippen LogP contribution in [-0.2, 0) is 32.1 Å². The molecule has 2 aromatic rings. The van der Waals surface area contributed by atoms with Gasteiger partial charge in [0, 0.05) is 13.0 Å². The predicted molar refractivity (Wildman–Crippen MR) is 103 cm³/mol. The Morgan fingerprint density at radius 1 is 1.21 bits per heavy atom. The Morgan fingerprint density at radius 3 is 2.90 bits per heavy atom. The summed E-state index contributed by atoms with van der Waals surface area (Å²) in [4.78, 5) is 38.3. The maximum absolute atomic E-state index is 12.3. The van der Waals surface area contributed by atoms with Crippen LogP contribution in [0.4, 0.5) is 0 Å². The first kappa shape index (κ1) is 19.2. The SMILES string of the molecule is O=C(COC(=O)[C@H]1CC(=O)N(Cc2ccco2)C1)N[C@@H]1CCCc2ccccc21. The molecule has 1 aliphatic heterocycles. The number of rotatable bonds is 6. The van der Waals surface area contributed by atoms with E-state index in [2.05, 4.69) is 11.4 Å². The van der Waals surface area contributed by atoms with Gasteiger partial charge in [-0.05, 0) is 42.5 Å². The van der Waals surface area contributed by atoms with Crippen LogP contribution in [0.15, 0.2) is 47.1 Å². The number of carbonyl (C=O) groups is 3. The molecule has 1 saturated heterocycles. The second-order valence-corrected chi connectivity index (χ2v) is 7.57. The van der Waals surface area contributed by atoms with Crippen LogP contribution in [0.1, 0.15) is 42.2 Å². The summed E-state index contributed by atoms with van der Waals surface area (Å²) in [6, 6.07) is 11.6. The Balaban J connectivity index is 1.26. The Bertz CT molecular complexity index is 892. The fourth-order valence-corrected chi connectivity index (χ4v) is 4.07. The average molecular weight is 396 g/mol. The van der Waals surface area contributed by atoms with Gasteiger partial charge in [0.15, 0.2) is 6.61 Å². The topological polar surface area (TPSA) is 88.9 Å². The van der Waals surface area contributed by atoms with Gasteiger partial charge in [0.05, 0.1) is 24.8 Å². The summed E-state index contributed by atoms with van der Waals surface area (Å²) in [7, 11) is 0. The second kappa shape index (κ2) is 8.51. The summed E-state index contributed by atoms with van der Waals surface area (Å²) in [5.74, 6) is -0.844. The minimum absolute atomic E-state index is 0.0528. The molecule has 2 amide bonds. The molecule has 2 atom stereocenters. The number of esters is 1. The minimum Gasteiger partial charge on any atom is -0.467 e. The van der Waals surface area contributed by atoms with Crippen molar-refractivity contribution in [3.63, 3.8) is 0 Å². The second-order valence-electron chi connectivity index (χ2n) is 7.57. The molecule has 4 rings (SSSR count). The Morgan fingerprint density at radius 2 is 2.07 bits per heavy atom. The molecule has 1 fully saturated rings. The smallest absolute Gasteiger partial charge is 0.311 e. The first-order valence-corrected chi connectivity index (χ1v) is 9.94. The van der Waals surface area contributed by atoms with E-state index in [4.69, 9.17) is 9.15 Å². The number of nitrogens with one attached hydrogen (secondary N) is 1. The van der Waals surface area contributed by atoms with Crippen LogP contribution in [0, 0.1) is 5.92 Å². The highest BCUT2D eigenvalue weighted by Crippen LogP contribution is 2.29. The third-order valence-electron chi connectivity index (χ3n) is 5.52. The van der Waals surface area contributed by atoms with Crippen molar-refractivity contribution in [2.45, 2.75) is 38.3 Å². The minimum atomic E-state index is -0.555. The number of fused-ring (bicyclic) bond motifs is 1. The van der Waals surface area contributed by atoms with E-state index in [9.17, 15) is 14.4 Å². The lowest BCUT2D eigenvalue weighted by Crippen LogP contribution is -2.35. The van der Waals surface area contributed by atoms with Gasteiger partial charge in [0.2, 0.25) is 5.91 Å². The lowest BCUT2D eigenvalue weighted by atomic mass is 9.88. The zero-order chi connectivity index (χ0) is 20.2. The molecule has 7 nitrogen and oxygen atoms in total. The van der Waals surface area contributed by atoms with E-state index in [0.717, 1.165) is 24.8 Å². The molecule has 2 aliphatic rings. The molecular formula is C22H24N2O5. The van der Waals surface area contributed by atoms with Crippen LogP contribution in [-0.4, -0.2) is 35.8 Å². The van der Waals surface area contributed by atoms with Crippen molar-refractivity contribution in [2.24, 2.45) is 5.92 Å². The molecule has 2 heterocycles. The van der Waals surface area contributed by atoms with Crippen molar-refractivity contribution in [3.8, 4) is 0 Å². The highest BCUT2D eigenvalue weighted by atomic mass is 16.5. The van der Waals surface area contributed by atoms with Crippen molar-refractivity contribution in [1.29, 1.82) is 0 Å². The lowest BCUT2D eigenvalue weighted by molar-refractivity contribution is -0.152. The third-order valence-corrected chi connectivity index (χ3v) is 5.52. The van der Waals surface area contributed by atoms with Gasteiger partial charge >= 0.3 is 5.97 Å². The van der Waals surface area contributed by atoms with E-state index in [1.54, 1.807) is 23.3 Å². The average Bonchev–Trinajstić information content (AvgIpc) is 3.37. The van der Waals surface area contributed by atoms with E-state index >= 15 is 0 Å². The first-order valence-electron chi connectivity index (χ1n) is 9.94. The van der Waals surface area contributed by atoms with Crippen LogP contribution in [0.25, 0.3) is 0 Å². The number of ether oxygens (including phenoxy) is 1. The standard InChI is InChI=1S/C22H24N2O5/c25-20(23-19-9-3-6-15-5-1-2-8-18(15)19)14-29-22(27)16-11-21(26)24(12-16)13-17-7-4-10-28-17/h1-2,4-5,7-8,10,16,19H,3,6,9,11-14H2,(H,23,25)/t16-,19+/m0/s1. The maximum Gasteiger partial charge on any atom is 0.311 e. The number of furan rings is 1. The van der Waals surface area contributed by atoms with Crippen LogP contribution < -0.4 is 5.32 Å². The summed E-state index contributed by atoms with van der Waals surface area (Å²) >= 11 is 0. The third kappa shape index (κ3) is 4.50. The molecule has 29 heavy (non-hydrogen) atoms. The molecule has 1 N–H and O–H groups in total. The number of benzene rings is 1. The summed E-state index contributed by atoms with van der Waals surface area (Å²) in [6.07, 6.45) is 4.54.